The lowest BCUT2D eigenvalue weighted by Crippen LogP contribution is -2.38. The minimum atomic E-state index is 0.0718. The predicted molar refractivity (Wildman–Crippen MR) is 96.0 cm³/mol. The Morgan fingerprint density at radius 1 is 1.12 bits per heavy atom. The lowest BCUT2D eigenvalue weighted by Gasteiger charge is -2.35. The van der Waals surface area contributed by atoms with E-state index in [4.69, 9.17) is 0 Å². The molecular weight excluding hydrogens is 312 g/mol. The van der Waals surface area contributed by atoms with Crippen LogP contribution >= 0.6 is 0 Å². The molecular formula is C20H20N4O. The molecule has 0 aliphatic carbocycles. The fourth-order valence-electron chi connectivity index (χ4n) is 3.45. The molecule has 0 bridgehead atoms. The molecule has 1 aromatic heterocycles. The highest BCUT2D eigenvalue weighted by Crippen LogP contribution is 2.30. The fraction of sp³-hybridized carbons (Fsp3) is 0.250. The van der Waals surface area contributed by atoms with Gasteiger partial charge in [-0.05, 0) is 36.6 Å². The van der Waals surface area contributed by atoms with Gasteiger partial charge < -0.3 is 4.90 Å². The zero-order valence-corrected chi connectivity index (χ0v) is 14.4. The molecule has 0 N–H and O–H groups in total. The van der Waals surface area contributed by atoms with Crippen LogP contribution in [0.3, 0.4) is 0 Å². The first-order valence-electron chi connectivity index (χ1n) is 8.48. The Kier molecular flexibility index (Phi) is 3.84. The van der Waals surface area contributed by atoms with E-state index in [2.05, 4.69) is 35.2 Å². The van der Waals surface area contributed by atoms with Gasteiger partial charge in [-0.1, -0.05) is 36.4 Å². The maximum Gasteiger partial charge on any atom is 0.254 e. The third-order valence-corrected chi connectivity index (χ3v) is 4.85. The van der Waals surface area contributed by atoms with E-state index >= 15 is 0 Å². The molecule has 0 saturated carbocycles. The van der Waals surface area contributed by atoms with Crippen LogP contribution in [0.15, 0.2) is 54.9 Å². The average Bonchev–Trinajstić information content (AvgIpc) is 3.08. The molecule has 1 aliphatic rings. The van der Waals surface area contributed by atoms with Gasteiger partial charge in [0.05, 0.1) is 6.04 Å². The number of aromatic nitrogens is 3. The molecule has 126 valence electrons. The summed E-state index contributed by atoms with van der Waals surface area (Å²) in [5, 5.41) is 4.29. The molecule has 0 saturated heterocycles. The van der Waals surface area contributed by atoms with Crippen LogP contribution in [-0.2, 0) is 13.5 Å². The molecule has 1 atom stereocenters. The van der Waals surface area contributed by atoms with Crippen molar-refractivity contribution in [3.63, 3.8) is 0 Å². The van der Waals surface area contributed by atoms with Gasteiger partial charge >= 0.3 is 0 Å². The molecule has 2 aromatic carbocycles. The summed E-state index contributed by atoms with van der Waals surface area (Å²) >= 11 is 0. The number of benzene rings is 2. The van der Waals surface area contributed by atoms with Crippen molar-refractivity contribution in [2.75, 3.05) is 6.54 Å². The third kappa shape index (κ3) is 2.82. The molecule has 2 heterocycles. The largest absolute Gasteiger partial charge is 0.332 e. The Morgan fingerprint density at radius 3 is 2.60 bits per heavy atom. The SMILES string of the molecule is CC1c2ccccc2CCN1C(=O)c1ccc(-c2ncn(C)n2)cc1. The van der Waals surface area contributed by atoms with Crippen LogP contribution in [-0.4, -0.2) is 32.1 Å². The molecule has 1 unspecified atom stereocenters. The highest BCUT2D eigenvalue weighted by atomic mass is 16.2. The quantitative estimate of drug-likeness (QED) is 0.724. The Labute approximate surface area is 146 Å². The van der Waals surface area contributed by atoms with E-state index in [1.54, 1.807) is 11.0 Å². The summed E-state index contributed by atoms with van der Waals surface area (Å²) < 4.78 is 1.67. The van der Waals surface area contributed by atoms with Gasteiger partial charge in [0.25, 0.3) is 5.91 Å². The van der Waals surface area contributed by atoms with Crippen LogP contribution < -0.4 is 0 Å². The van der Waals surface area contributed by atoms with Crippen LogP contribution in [0.25, 0.3) is 11.4 Å². The van der Waals surface area contributed by atoms with Crippen molar-refractivity contribution < 1.29 is 4.79 Å². The summed E-state index contributed by atoms with van der Waals surface area (Å²) in [7, 11) is 1.84. The lowest BCUT2D eigenvalue weighted by molar-refractivity contribution is 0.0677. The second-order valence-corrected chi connectivity index (χ2v) is 6.44. The minimum Gasteiger partial charge on any atom is -0.332 e. The van der Waals surface area contributed by atoms with E-state index in [1.165, 1.54) is 11.1 Å². The zero-order chi connectivity index (χ0) is 17.4. The van der Waals surface area contributed by atoms with E-state index in [9.17, 15) is 4.79 Å². The van der Waals surface area contributed by atoms with Crippen molar-refractivity contribution in [3.8, 4) is 11.4 Å². The fourth-order valence-corrected chi connectivity index (χ4v) is 3.45. The number of hydrogen-bond donors (Lipinski definition) is 0. The van der Waals surface area contributed by atoms with Gasteiger partial charge in [-0.25, -0.2) is 4.98 Å². The Morgan fingerprint density at radius 2 is 1.88 bits per heavy atom. The number of hydrogen-bond acceptors (Lipinski definition) is 3. The molecule has 3 aromatic rings. The van der Waals surface area contributed by atoms with E-state index in [0.717, 1.165) is 18.5 Å². The summed E-state index contributed by atoms with van der Waals surface area (Å²) in [6, 6.07) is 16.0. The maximum atomic E-state index is 13.0. The Bertz CT molecular complexity index is 913. The second-order valence-electron chi connectivity index (χ2n) is 6.44. The molecule has 1 amide bonds. The summed E-state index contributed by atoms with van der Waals surface area (Å²) in [6.07, 6.45) is 2.57. The zero-order valence-electron chi connectivity index (χ0n) is 14.4. The van der Waals surface area contributed by atoms with Gasteiger partial charge in [0, 0.05) is 24.7 Å². The number of carbonyl (C=O) groups excluding carboxylic acids is 1. The smallest absolute Gasteiger partial charge is 0.254 e. The number of amides is 1. The molecule has 1 aliphatic heterocycles. The Hall–Kier alpha value is -2.95. The van der Waals surface area contributed by atoms with Crippen LogP contribution in [0.5, 0.6) is 0 Å². The second kappa shape index (κ2) is 6.16. The maximum absolute atomic E-state index is 13.0. The van der Waals surface area contributed by atoms with E-state index in [0.29, 0.717) is 11.4 Å². The third-order valence-electron chi connectivity index (χ3n) is 4.85. The van der Waals surface area contributed by atoms with Gasteiger partial charge in [0.1, 0.15) is 6.33 Å². The van der Waals surface area contributed by atoms with Crippen molar-refractivity contribution in [3.05, 3.63) is 71.5 Å². The van der Waals surface area contributed by atoms with Gasteiger partial charge in [-0.15, -0.1) is 0 Å². The minimum absolute atomic E-state index is 0.0718. The van der Waals surface area contributed by atoms with Gasteiger partial charge in [0.15, 0.2) is 5.82 Å². The van der Waals surface area contributed by atoms with E-state index in [1.807, 2.05) is 42.3 Å². The van der Waals surface area contributed by atoms with E-state index in [-0.39, 0.29) is 11.9 Å². The van der Waals surface area contributed by atoms with Crippen molar-refractivity contribution in [1.29, 1.82) is 0 Å². The predicted octanol–water partition coefficient (Wildman–Crippen LogP) is 3.24. The number of rotatable bonds is 2. The first-order chi connectivity index (χ1) is 12.1. The van der Waals surface area contributed by atoms with Crippen molar-refractivity contribution >= 4 is 5.91 Å². The summed E-state index contributed by atoms with van der Waals surface area (Å²) in [5.74, 6) is 0.740. The Balaban J connectivity index is 1.57. The van der Waals surface area contributed by atoms with Crippen molar-refractivity contribution in [1.82, 2.24) is 19.7 Å². The number of carbonyl (C=O) groups is 1. The van der Waals surface area contributed by atoms with Crippen LogP contribution in [0, 0.1) is 0 Å². The van der Waals surface area contributed by atoms with Gasteiger partial charge in [-0.2, -0.15) is 5.10 Å². The summed E-state index contributed by atoms with van der Waals surface area (Å²) in [5.41, 5.74) is 4.20. The molecule has 5 nitrogen and oxygen atoms in total. The first kappa shape index (κ1) is 15.6. The molecule has 25 heavy (non-hydrogen) atoms. The topological polar surface area (TPSA) is 51.0 Å². The van der Waals surface area contributed by atoms with E-state index < -0.39 is 0 Å². The highest BCUT2D eigenvalue weighted by molar-refractivity contribution is 5.95. The average molecular weight is 332 g/mol. The molecule has 0 fully saturated rings. The number of nitrogens with zero attached hydrogens (tertiary/aromatic N) is 4. The number of fused-ring (bicyclic) bond motifs is 1. The van der Waals surface area contributed by atoms with Gasteiger partial charge in [0.2, 0.25) is 0 Å². The van der Waals surface area contributed by atoms with Crippen LogP contribution in [0.4, 0.5) is 0 Å². The molecule has 5 heteroatoms. The lowest BCUT2D eigenvalue weighted by atomic mass is 9.93. The van der Waals surface area contributed by atoms with Crippen LogP contribution in [0.1, 0.15) is 34.5 Å². The van der Waals surface area contributed by atoms with Crippen LogP contribution in [0.2, 0.25) is 0 Å². The number of aryl methyl sites for hydroxylation is 1. The monoisotopic (exact) mass is 332 g/mol. The highest BCUT2D eigenvalue weighted by Gasteiger charge is 2.27. The molecule has 0 radical (unpaired) electrons. The standard InChI is InChI=1S/C20H20N4O/c1-14-18-6-4-3-5-15(18)11-12-24(14)20(25)17-9-7-16(8-10-17)19-21-13-23(2)22-19/h3-10,13-14H,11-12H2,1-2H3. The summed E-state index contributed by atoms with van der Waals surface area (Å²) in [4.78, 5) is 19.2. The van der Waals surface area contributed by atoms with Crippen molar-refractivity contribution in [2.45, 2.75) is 19.4 Å². The van der Waals surface area contributed by atoms with Crippen molar-refractivity contribution in [2.24, 2.45) is 7.05 Å². The summed E-state index contributed by atoms with van der Waals surface area (Å²) in [6.45, 7) is 2.85. The first-order valence-corrected chi connectivity index (χ1v) is 8.48. The van der Waals surface area contributed by atoms with Gasteiger partial charge in [-0.3, -0.25) is 9.48 Å². The molecule has 4 rings (SSSR count). The normalized spacial score (nSPS) is 16.6. The molecule has 0 spiro atoms.